The van der Waals surface area contributed by atoms with Gasteiger partial charge >= 0.3 is 6.09 Å². The Morgan fingerprint density at radius 2 is 2.27 bits per heavy atom. The molecule has 1 aliphatic rings. The quantitative estimate of drug-likeness (QED) is 0.865. The number of hydrogen-bond donors (Lipinski definition) is 1. The number of hydrogen-bond acceptors (Lipinski definition) is 5. The van der Waals surface area contributed by atoms with Gasteiger partial charge in [-0.15, -0.1) is 0 Å². The van der Waals surface area contributed by atoms with Gasteiger partial charge in [0.05, 0.1) is 0 Å². The fourth-order valence-electron chi connectivity index (χ4n) is 2.52. The Labute approximate surface area is 136 Å². The molecule has 7 heteroatoms. The number of rotatable bonds is 3. The summed E-state index contributed by atoms with van der Waals surface area (Å²) < 4.78 is 5.27. The van der Waals surface area contributed by atoms with Crippen LogP contribution in [0.4, 0.5) is 10.6 Å². The van der Waals surface area contributed by atoms with Crippen LogP contribution in [0.15, 0.2) is 12.3 Å². The van der Waals surface area contributed by atoms with Crippen molar-refractivity contribution in [3.8, 4) is 0 Å². The first-order chi connectivity index (χ1) is 10.3. The van der Waals surface area contributed by atoms with Crippen molar-refractivity contribution in [2.24, 2.45) is 0 Å². The normalized spacial score (nSPS) is 18.9. The lowest BCUT2D eigenvalue weighted by molar-refractivity contribution is 0.0523. The second kappa shape index (κ2) is 7.13. The number of amides is 1. The van der Waals surface area contributed by atoms with E-state index in [4.69, 9.17) is 16.3 Å². The first-order valence-electron chi connectivity index (χ1n) is 7.57. The third-order valence-corrected chi connectivity index (χ3v) is 3.60. The molecule has 6 nitrogen and oxygen atoms in total. The third-order valence-electron chi connectivity index (χ3n) is 3.41. The number of piperidine rings is 1. The maximum atomic E-state index is 11.8. The van der Waals surface area contributed by atoms with E-state index in [1.54, 1.807) is 6.20 Å². The summed E-state index contributed by atoms with van der Waals surface area (Å²) in [5.41, 5.74) is -0.490. The molecule has 22 heavy (non-hydrogen) atoms. The minimum absolute atomic E-state index is 0.187. The van der Waals surface area contributed by atoms with Gasteiger partial charge in [0.2, 0.25) is 5.28 Å². The van der Waals surface area contributed by atoms with Gasteiger partial charge in [0.25, 0.3) is 0 Å². The average Bonchev–Trinajstić information content (AvgIpc) is 2.44. The lowest BCUT2D eigenvalue weighted by atomic mass is 10.0. The van der Waals surface area contributed by atoms with Gasteiger partial charge in [-0.2, -0.15) is 0 Å². The summed E-state index contributed by atoms with van der Waals surface area (Å²) in [5, 5.41) is 3.08. The number of carbonyl (C=O) groups is 1. The highest BCUT2D eigenvalue weighted by Gasteiger charge is 2.25. The van der Waals surface area contributed by atoms with E-state index in [1.807, 2.05) is 26.8 Å². The number of nitrogens with zero attached hydrogens (tertiary/aromatic N) is 3. The zero-order chi connectivity index (χ0) is 16.2. The molecule has 122 valence electrons. The van der Waals surface area contributed by atoms with Gasteiger partial charge in [-0.1, -0.05) is 0 Å². The number of anilines is 1. The highest BCUT2D eigenvalue weighted by molar-refractivity contribution is 6.28. The van der Waals surface area contributed by atoms with E-state index in [0.29, 0.717) is 6.54 Å². The highest BCUT2D eigenvalue weighted by Crippen LogP contribution is 2.23. The van der Waals surface area contributed by atoms with E-state index in [9.17, 15) is 4.79 Å². The molecular formula is C15H23ClN4O2. The predicted octanol–water partition coefficient (Wildman–Crippen LogP) is 3.01. The molecule has 2 rings (SSSR count). The molecule has 0 aromatic carbocycles. The first-order valence-corrected chi connectivity index (χ1v) is 7.95. The van der Waals surface area contributed by atoms with Crippen LogP contribution in [0, 0.1) is 0 Å². The molecule has 1 aromatic heterocycles. The molecule has 1 N–H and O–H groups in total. The maximum Gasteiger partial charge on any atom is 0.407 e. The van der Waals surface area contributed by atoms with E-state index < -0.39 is 11.7 Å². The summed E-state index contributed by atoms with van der Waals surface area (Å²) in [5.74, 6) is 0.802. The largest absolute Gasteiger partial charge is 0.444 e. The SMILES string of the molecule is CC(C)(C)OC(=O)NCC1CCCCN1c1ccnc(Cl)n1. The van der Waals surface area contributed by atoms with Crippen LogP contribution in [0.3, 0.4) is 0 Å². The molecule has 1 aliphatic heterocycles. The third kappa shape index (κ3) is 5.02. The second-order valence-electron chi connectivity index (χ2n) is 6.41. The Morgan fingerprint density at radius 3 is 2.95 bits per heavy atom. The number of nitrogens with one attached hydrogen (secondary N) is 1. The number of halogens is 1. The Morgan fingerprint density at radius 1 is 1.50 bits per heavy atom. The van der Waals surface area contributed by atoms with Crippen molar-refractivity contribution < 1.29 is 9.53 Å². The molecule has 1 amide bonds. The number of alkyl carbamates (subject to hydrolysis) is 1. The van der Waals surface area contributed by atoms with Gasteiger partial charge in [0.1, 0.15) is 11.4 Å². The Kier molecular flexibility index (Phi) is 5.45. The minimum atomic E-state index is -0.490. The van der Waals surface area contributed by atoms with E-state index >= 15 is 0 Å². The van der Waals surface area contributed by atoms with Crippen LogP contribution < -0.4 is 10.2 Å². The summed E-state index contributed by atoms with van der Waals surface area (Å²) in [6.45, 7) is 6.97. The molecule has 1 unspecified atom stereocenters. The van der Waals surface area contributed by atoms with Gasteiger partial charge in [-0.3, -0.25) is 0 Å². The molecule has 0 spiro atoms. The van der Waals surface area contributed by atoms with Crippen molar-refractivity contribution in [1.82, 2.24) is 15.3 Å². The molecule has 1 saturated heterocycles. The standard InChI is InChI=1S/C15H23ClN4O2/c1-15(2,3)22-14(21)18-10-11-6-4-5-9-20(11)12-7-8-17-13(16)19-12/h7-8,11H,4-6,9-10H2,1-3H3,(H,18,21). The van der Waals surface area contributed by atoms with Crippen LogP contribution >= 0.6 is 11.6 Å². The molecule has 1 aromatic rings. The van der Waals surface area contributed by atoms with Crippen LogP contribution in [0.25, 0.3) is 0 Å². The monoisotopic (exact) mass is 326 g/mol. The van der Waals surface area contributed by atoms with E-state index in [0.717, 1.165) is 31.6 Å². The molecule has 1 atom stereocenters. The van der Waals surface area contributed by atoms with Crippen LogP contribution in [-0.2, 0) is 4.74 Å². The molecule has 1 fully saturated rings. The van der Waals surface area contributed by atoms with E-state index in [1.165, 1.54) is 0 Å². The smallest absolute Gasteiger partial charge is 0.407 e. The van der Waals surface area contributed by atoms with Gasteiger partial charge in [0, 0.05) is 25.3 Å². The van der Waals surface area contributed by atoms with Crippen molar-refractivity contribution in [3.05, 3.63) is 17.5 Å². The van der Waals surface area contributed by atoms with Crippen molar-refractivity contribution in [2.45, 2.75) is 51.7 Å². The van der Waals surface area contributed by atoms with Crippen molar-refractivity contribution in [3.63, 3.8) is 0 Å². The predicted molar refractivity (Wildman–Crippen MR) is 86.3 cm³/mol. The molecule has 0 aliphatic carbocycles. The highest BCUT2D eigenvalue weighted by atomic mass is 35.5. The Balaban J connectivity index is 1.97. The van der Waals surface area contributed by atoms with E-state index in [-0.39, 0.29) is 11.3 Å². The van der Waals surface area contributed by atoms with Crippen molar-refractivity contribution >= 4 is 23.5 Å². The van der Waals surface area contributed by atoms with Crippen LogP contribution in [0.2, 0.25) is 5.28 Å². The van der Waals surface area contributed by atoms with Crippen molar-refractivity contribution in [2.75, 3.05) is 18.0 Å². The van der Waals surface area contributed by atoms with Gasteiger partial charge < -0.3 is 15.0 Å². The first kappa shape index (κ1) is 16.8. The lowest BCUT2D eigenvalue weighted by Gasteiger charge is -2.36. The summed E-state index contributed by atoms with van der Waals surface area (Å²) in [6, 6.07) is 2.03. The summed E-state index contributed by atoms with van der Waals surface area (Å²) in [7, 11) is 0. The zero-order valence-electron chi connectivity index (χ0n) is 13.3. The Bertz CT molecular complexity index is 519. The Hall–Kier alpha value is -1.56. The average molecular weight is 327 g/mol. The second-order valence-corrected chi connectivity index (χ2v) is 6.75. The molecule has 0 radical (unpaired) electrons. The van der Waals surface area contributed by atoms with Crippen LogP contribution in [-0.4, -0.2) is 40.8 Å². The summed E-state index contributed by atoms with van der Waals surface area (Å²) in [4.78, 5) is 22.2. The van der Waals surface area contributed by atoms with Gasteiger partial charge in [-0.25, -0.2) is 14.8 Å². The topological polar surface area (TPSA) is 67.3 Å². The zero-order valence-corrected chi connectivity index (χ0v) is 14.1. The van der Waals surface area contributed by atoms with Gasteiger partial charge in [-0.05, 0) is 57.7 Å². The maximum absolute atomic E-state index is 11.8. The van der Waals surface area contributed by atoms with Crippen molar-refractivity contribution in [1.29, 1.82) is 0 Å². The summed E-state index contributed by atoms with van der Waals surface area (Å²) >= 11 is 5.87. The number of carbonyl (C=O) groups excluding carboxylic acids is 1. The fraction of sp³-hybridized carbons (Fsp3) is 0.667. The molecule has 0 saturated carbocycles. The number of aromatic nitrogens is 2. The lowest BCUT2D eigenvalue weighted by Crippen LogP contribution is -2.48. The van der Waals surface area contributed by atoms with Gasteiger partial charge in [0.15, 0.2) is 0 Å². The fourth-order valence-corrected chi connectivity index (χ4v) is 2.66. The van der Waals surface area contributed by atoms with E-state index in [2.05, 4.69) is 20.2 Å². The summed E-state index contributed by atoms with van der Waals surface area (Å²) in [6.07, 6.45) is 4.49. The number of ether oxygens (including phenoxy) is 1. The minimum Gasteiger partial charge on any atom is -0.444 e. The molecule has 0 bridgehead atoms. The molecule has 2 heterocycles. The van der Waals surface area contributed by atoms with Crippen LogP contribution in [0.1, 0.15) is 40.0 Å². The molecular weight excluding hydrogens is 304 g/mol. The van der Waals surface area contributed by atoms with Crippen LogP contribution in [0.5, 0.6) is 0 Å².